The van der Waals surface area contributed by atoms with Crippen LogP contribution in [0.25, 0.3) is 6.08 Å². The molecule has 2 rings (SSSR count). The van der Waals surface area contributed by atoms with Crippen LogP contribution in [0.15, 0.2) is 36.4 Å². The molecule has 1 fully saturated rings. The topological polar surface area (TPSA) is 63.7 Å². The predicted molar refractivity (Wildman–Crippen MR) is 86.1 cm³/mol. The van der Waals surface area contributed by atoms with E-state index in [2.05, 4.69) is 0 Å². The summed E-state index contributed by atoms with van der Waals surface area (Å²) < 4.78 is 5.00. The monoisotopic (exact) mass is 315 g/mol. The Morgan fingerprint density at radius 1 is 1.30 bits per heavy atom. The standard InChI is InChI=1S/C18H21NO4/c1-4-23-16(21)14-12-18(2,3)17(22)19(14)15(20)11-10-13-8-6-5-7-9-13/h5-11,14H,4,12H2,1-3H3/b11-10+/t14-/m0/s1. The van der Waals surface area contributed by atoms with E-state index in [1.165, 1.54) is 6.08 Å². The molecule has 5 heteroatoms. The molecular weight excluding hydrogens is 294 g/mol. The number of amides is 2. The minimum Gasteiger partial charge on any atom is -0.464 e. The average molecular weight is 315 g/mol. The summed E-state index contributed by atoms with van der Waals surface area (Å²) in [5.41, 5.74) is 0.0904. The molecule has 0 spiro atoms. The predicted octanol–water partition coefficient (Wildman–Crippen LogP) is 2.42. The van der Waals surface area contributed by atoms with Gasteiger partial charge < -0.3 is 4.74 Å². The summed E-state index contributed by atoms with van der Waals surface area (Å²) in [7, 11) is 0. The third-order valence-corrected chi connectivity index (χ3v) is 3.83. The van der Waals surface area contributed by atoms with Crippen molar-refractivity contribution in [3.63, 3.8) is 0 Å². The minimum absolute atomic E-state index is 0.214. The highest BCUT2D eigenvalue weighted by Gasteiger charge is 2.51. The largest absolute Gasteiger partial charge is 0.464 e. The van der Waals surface area contributed by atoms with Gasteiger partial charge in [-0.1, -0.05) is 44.2 Å². The van der Waals surface area contributed by atoms with E-state index in [9.17, 15) is 14.4 Å². The number of carbonyl (C=O) groups excluding carboxylic acids is 3. The summed E-state index contributed by atoms with van der Waals surface area (Å²) in [4.78, 5) is 38.0. The molecule has 0 radical (unpaired) electrons. The molecule has 1 aliphatic rings. The van der Waals surface area contributed by atoms with Crippen molar-refractivity contribution >= 4 is 23.9 Å². The second-order valence-corrected chi connectivity index (χ2v) is 6.11. The molecule has 1 aromatic carbocycles. The van der Waals surface area contributed by atoms with E-state index < -0.39 is 23.3 Å². The Labute approximate surface area is 135 Å². The van der Waals surface area contributed by atoms with Crippen molar-refractivity contribution in [2.45, 2.75) is 33.2 Å². The average Bonchev–Trinajstić information content (AvgIpc) is 2.77. The Kier molecular flexibility index (Phi) is 4.98. The Bertz CT molecular complexity index is 634. The first-order valence-electron chi connectivity index (χ1n) is 7.64. The molecule has 0 aromatic heterocycles. The van der Waals surface area contributed by atoms with Crippen LogP contribution in [0, 0.1) is 5.41 Å². The van der Waals surface area contributed by atoms with Crippen LogP contribution in [0.5, 0.6) is 0 Å². The number of rotatable bonds is 4. The van der Waals surface area contributed by atoms with Gasteiger partial charge in [-0.3, -0.25) is 14.5 Å². The summed E-state index contributed by atoms with van der Waals surface area (Å²) >= 11 is 0. The van der Waals surface area contributed by atoms with Crippen LogP contribution in [0.1, 0.15) is 32.8 Å². The zero-order valence-electron chi connectivity index (χ0n) is 13.6. The van der Waals surface area contributed by atoms with Crippen LogP contribution in [-0.2, 0) is 19.1 Å². The lowest BCUT2D eigenvalue weighted by Crippen LogP contribution is -2.43. The highest BCUT2D eigenvalue weighted by atomic mass is 16.5. The number of ether oxygens (including phenoxy) is 1. The third kappa shape index (κ3) is 3.67. The summed E-state index contributed by atoms with van der Waals surface area (Å²) in [5, 5.41) is 0. The van der Waals surface area contributed by atoms with Crippen LogP contribution in [-0.4, -0.2) is 35.3 Å². The van der Waals surface area contributed by atoms with Gasteiger partial charge in [0.25, 0.3) is 5.91 Å². The van der Waals surface area contributed by atoms with Crippen LogP contribution in [0.3, 0.4) is 0 Å². The highest BCUT2D eigenvalue weighted by molar-refractivity contribution is 6.09. The maximum Gasteiger partial charge on any atom is 0.329 e. The molecule has 122 valence electrons. The molecule has 2 amide bonds. The molecule has 23 heavy (non-hydrogen) atoms. The first-order chi connectivity index (χ1) is 10.9. The van der Waals surface area contributed by atoms with Gasteiger partial charge in [-0.05, 0) is 25.0 Å². The summed E-state index contributed by atoms with van der Waals surface area (Å²) in [6.07, 6.45) is 3.22. The van der Waals surface area contributed by atoms with Gasteiger partial charge in [0, 0.05) is 11.5 Å². The van der Waals surface area contributed by atoms with Crippen molar-refractivity contribution in [2.24, 2.45) is 5.41 Å². The number of hydrogen-bond donors (Lipinski definition) is 0. The van der Waals surface area contributed by atoms with Crippen molar-refractivity contribution in [3.8, 4) is 0 Å². The van der Waals surface area contributed by atoms with E-state index in [1.807, 2.05) is 30.3 Å². The molecule has 5 nitrogen and oxygen atoms in total. The van der Waals surface area contributed by atoms with Crippen molar-refractivity contribution in [1.82, 2.24) is 4.90 Å². The Morgan fingerprint density at radius 3 is 2.57 bits per heavy atom. The number of imide groups is 1. The summed E-state index contributed by atoms with van der Waals surface area (Å²) in [5.74, 6) is -1.38. The lowest BCUT2D eigenvalue weighted by Gasteiger charge is -2.20. The van der Waals surface area contributed by atoms with E-state index >= 15 is 0 Å². The number of esters is 1. The van der Waals surface area contributed by atoms with E-state index in [0.29, 0.717) is 0 Å². The number of nitrogens with zero attached hydrogens (tertiary/aromatic N) is 1. The maximum absolute atomic E-state index is 12.5. The molecule has 1 saturated heterocycles. The van der Waals surface area contributed by atoms with Crippen molar-refractivity contribution in [2.75, 3.05) is 6.61 Å². The Morgan fingerprint density at radius 2 is 1.96 bits per heavy atom. The van der Waals surface area contributed by atoms with E-state index in [-0.39, 0.29) is 18.9 Å². The maximum atomic E-state index is 12.5. The summed E-state index contributed by atoms with van der Waals surface area (Å²) in [6.45, 7) is 5.37. The quantitative estimate of drug-likeness (QED) is 0.632. The normalized spacial score (nSPS) is 20.0. The van der Waals surface area contributed by atoms with Crippen LogP contribution in [0.2, 0.25) is 0 Å². The van der Waals surface area contributed by atoms with Gasteiger partial charge >= 0.3 is 5.97 Å². The van der Waals surface area contributed by atoms with Gasteiger partial charge in [-0.15, -0.1) is 0 Å². The van der Waals surface area contributed by atoms with Gasteiger partial charge in [-0.25, -0.2) is 4.79 Å². The second kappa shape index (κ2) is 6.77. The van der Waals surface area contributed by atoms with Crippen LogP contribution >= 0.6 is 0 Å². The molecule has 1 aromatic rings. The Balaban J connectivity index is 2.22. The van der Waals surface area contributed by atoms with Crippen molar-refractivity contribution < 1.29 is 19.1 Å². The zero-order valence-corrected chi connectivity index (χ0v) is 13.6. The smallest absolute Gasteiger partial charge is 0.329 e. The van der Waals surface area contributed by atoms with E-state index in [0.717, 1.165) is 10.5 Å². The second-order valence-electron chi connectivity index (χ2n) is 6.11. The molecule has 0 saturated carbocycles. The fourth-order valence-electron chi connectivity index (χ4n) is 2.62. The number of likely N-dealkylation sites (tertiary alicyclic amines) is 1. The molecule has 1 heterocycles. The van der Waals surface area contributed by atoms with Crippen LogP contribution in [0.4, 0.5) is 0 Å². The lowest BCUT2D eigenvalue weighted by atomic mass is 9.90. The fourth-order valence-corrected chi connectivity index (χ4v) is 2.62. The van der Waals surface area contributed by atoms with Gasteiger partial charge in [0.2, 0.25) is 5.91 Å². The van der Waals surface area contributed by atoms with Crippen molar-refractivity contribution in [3.05, 3.63) is 42.0 Å². The highest BCUT2D eigenvalue weighted by Crippen LogP contribution is 2.36. The number of hydrogen-bond acceptors (Lipinski definition) is 4. The van der Waals surface area contributed by atoms with Gasteiger partial charge in [-0.2, -0.15) is 0 Å². The lowest BCUT2D eigenvalue weighted by molar-refractivity contribution is -0.156. The fraction of sp³-hybridized carbons (Fsp3) is 0.389. The van der Waals surface area contributed by atoms with Gasteiger partial charge in [0.15, 0.2) is 0 Å². The number of carbonyl (C=O) groups is 3. The summed E-state index contributed by atoms with van der Waals surface area (Å²) in [6, 6.07) is 8.43. The zero-order chi connectivity index (χ0) is 17.0. The molecule has 0 bridgehead atoms. The molecule has 0 N–H and O–H groups in total. The molecule has 0 unspecified atom stereocenters. The number of benzene rings is 1. The van der Waals surface area contributed by atoms with E-state index in [1.54, 1.807) is 26.8 Å². The molecule has 1 aliphatic heterocycles. The van der Waals surface area contributed by atoms with Gasteiger partial charge in [0.1, 0.15) is 6.04 Å². The molecule has 1 atom stereocenters. The van der Waals surface area contributed by atoms with E-state index in [4.69, 9.17) is 4.74 Å². The SMILES string of the molecule is CCOC(=O)[C@@H]1CC(C)(C)C(=O)N1C(=O)/C=C/c1ccccc1. The van der Waals surface area contributed by atoms with Crippen LogP contribution < -0.4 is 0 Å². The molecule has 0 aliphatic carbocycles. The first-order valence-corrected chi connectivity index (χ1v) is 7.64. The minimum atomic E-state index is -0.856. The van der Waals surface area contributed by atoms with Gasteiger partial charge in [0.05, 0.1) is 6.61 Å². The van der Waals surface area contributed by atoms with Crippen molar-refractivity contribution in [1.29, 1.82) is 0 Å². The third-order valence-electron chi connectivity index (χ3n) is 3.83. The first kappa shape index (κ1) is 16.9. The Hall–Kier alpha value is -2.43. The molecular formula is C18H21NO4.